The number of ether oxygens (including phenoxy) is 1. The number of nitrogens with zero attached hydrogens (tertiary/aromatic N) is 3. The molecule has 6 heteroatoms. The van der Waals surface area contributed by atoms with Crippen LogP contribution >= 0.6 is 0 Å². The molecule has 1 saturated heterocycles. The fourth-order valence-corrected chi connectivity index (χ4v) is 3.25. The minimum absolute atomic E-state index is 0.00748. The molecule has 0 aromatic heterocycles. The second-order valence-corrected chi connectivity index (χ2v) is 6.81. The van der Waals surface area contributed by atoms with E-state index >= 15 is 0 Å². The highest BCUT2D eigenvalue weighted by Gasteiger charge is 2.21. The number of likely N-dealkylation sites (N-methyl/N-ethyl adjacent to an activating group) is 1. The van der Waals surface area contributed by atoms with Gasteiger partial charge in [-0.3, -0.25) is 9.69 Å². The van der Waals surface area contributed by atoms with E-state index in [1.54, 1.807) is 37.3 Å². The van der Waals surface area contributed by atoms with Gasteiger partial charge in [0.15, 0.2) is 0 Å². The molecular weight excluding hydrogens is 345 g/mol. The average Bonchev–Trinajstić information content (AvgIpc) is 2.70. The molecule has 0 radical (unpaired) electrons. The van der Waals surface area contributed by atoms with Crippen molar-refractivity contribution < 1.29 is 13.9 Å². The molecule has 0 spiro atoms. The van der Waals surface area contributed by atoms with Gasteiger partial charge in [0.25, 0.3) is 0 Å². The summed E-state index contributed by atoms with van der Waals surface area (Å²) >= 11 is 0. The van der Waals surface area contributed by atoms with Gasteiger partial charge in [-0.25, -0.2) is 4.39 Å². The average molecular weight is 371 g/mol. The summed E-state index contributed by atoms with van der Waals surface area (Å²) in [5.74, 6) is 0.581. The molecule has 1 aliphatic rings. The van der Waals surface area contributed by atoms with Crippen LogP contribution in [0.15, 0.2) is 48.5 Å². The van der Waals surface area contributed by atoms with E-state index in [1.165, 1.54) is 6.07 Å². The highest BCUT2D eigenvalue weighted by atomic mass is 19.1. The quantitative estimate of drug-likeness (QED) is 0.782. The van der Waals surface area contributed by atoms with Crippen molar-refractivity contribution >= 4 is 11.6 Å². The second-order valence-electron chi connectivity index (χ2n) is 6.81. The number of methoxy groups -OCH3 is 1. The number of halogens is 1. The molecule has 1 amide bonds. The minimum atomic E-state index is -0.274. The zero-order valence-electron chi connectivity index (χ0n) is 15.9. The molecule has 27 heavy (non-hydrogen) atoms. The molecule has 0 aliphatic carbocycles. The van der Waals surface area contributed by atoms with Gasteiger partial charge in [0.1, 0.15) is 11.6 Å². The first-order valence-electron chi connectivity index (χ1n) is 9.15. The number of carbonyl (C=O) groups is 1. The molecule has 5 nitrogen and oxygen atoms in total. The fourth-order valence-electron chi connectivity index (χ4n) is 3.25. The molecule has 1 heterocycles. The third-order valence-electron chi connectivity index (χ3n) is 4.94. The first-order chi connectivity index (χ1) is 13.1. The van der Waals surface area contributed by atoms with E-state index in [0.29, 0.717) is 12.1 Å². The highest BCUT2D eigenvalue weighted by Crippen LogP contribution is 2.22. The molecule has 1 aliphatic heterocycles. The molecule has 144 valence electrons. The normalized spacial score (nSPS) is 14.9. The molecule has 1 fully saturated rings. The first-order valence-corrected chi connectivity index (χ1v) is 9.15. The summed E-state index contributed by atoms with van der Waals surface area (Å²) in [5, 5.41) is 0. The number of benzene rings is 2. The van der Waals surface area contributed by atoms with Crippen LogP contribution < -0.4 is 9.64 Å². The summed E-state index contributed by atoms with van der Waals surface area (Å²) in [6.07, 6.45) is 0. The van der Waals surface area contributed by atoms with Crippen LogP contribution in [0.3, 0.4) is 0 Å². The van der Waals surface area contributed by atoms with E-state index in [4.69, 9.17) is 4.74 Å². The Kier molecular flexibility index (Phi) is 6.29. The van der Waals surface area contributed by atoms with Crippen LogP contribution in [0.2, 0.25) is 0 Å². The number of rotatable bonds is 6. The van der Waals surface area contributed by atoms with Gasteiger partial charge in [0, 0.05) is 57.1 Å². The molecule has 2 aromatic rings. The van der Waals surface area contributed by atoms with Crippen molar-refractivity contribution in [1.82, 2.24) is 9.80 Å². The van der Waals surface area contributed by atoms with E-state index in [9.17, 15) is 9.18 Å². The molecule has 0 saturated carbocycles. The molecule has 0 atom stereocenters. The van der Waals surface area contributed by atoms with Crippen molar-refractivity contribution in [1.29, 1.82) is 0 Å². The SMILES string of the molecule is COc1cccc(N2CCN(CC(=O)N(C)Cc3ccccc3F)CC2)c1. The van der Waals surface area contributed by atoms with Crippen molar-refractivity contribution in [3.63, 3.8) is 0 Å². The molecule has 0 unspecified atom stereocenters. The molecule has 0 bridgehead atoms. The second kappa shape index (κ2) is 8.86. The van der Waals surface area contributed by atoms with Crippen molar-refractivity contribution in [2.75, 3.05) is 51.8 Å². The third-order valence-corrected chi connectivity index (χ3v) is 4.94. The lowest BCUT2D eigenvalue weighted by Gasteiger charge is -2.36. The summed E-state index contributed by atoms with van der Waals surface area (Å²) in [5.41, 5.74) is 1.67. The molecule has 0 N–H and O–H groups in total. The zero-order valence-corrected chi connectivity index (χ0v) is 15.9. The minimum Gasteiger partial charge on any atom is -0.497 e. The van der Waals surface area contributed by atoms with E-state index in [2.05, 4.69) is 15.9 Å². The van der Waals surface area contributed by atoms with Gasteiger partial charge in [-0.15, -0.1) is 0 Å². The zero-order chi connectivity index (χ0) is 19.2. The van der Waals surface area contributed by atoms with Gasteiger partial charge in [0.05, 0.1) is 13.7 Å². The Morgan fingerprint density at radius 3 is 2.56 bits per heavy atom. The molecular formula is C21H26FN3O2. The lowest BCUT2D eigenvalue weighted by atomic mass is 10.2. The number of carbonyl (C=O) groups excluding carboxylic acids is 1. The van der Waals surface area contributed by atoms with E-state index in [-0.39, 0.29) is 18.3 Å². The van der Waals surface area contributed by atoms with Crippen LogP contribution in [0.1, 0.15) is 5.56 Å². The smallest absolute Gasteiger partial charge is 0.236 e. The number of hydrogen-bond donors (Lipinski definition) is 0. The summed E-state index contributed by atoms with van der Waals surface area (Å²) in [6.45, 7) is 3.99. The van der Waals surface area contributed by atoms with Crippen LogP contribution in [0.25, 0.3) is 0 Å². The van der Waals surface area contributed by atoms with Crippen molar-refractivity contribution in [3.05, 3.63) is 59.9 Å². The lowest BCUT2D eigenvalue weighted by Crippen LogP contribution is -2.49. The monoisotopic (exact) mass is 371 g/mol. The largest absolute Gasteiger partial charge is 0.497 e. The summed E-state index contributed by atoms with van der Waals surface area (Å²) in [4.78, 5) is 18.5. The van der Waals surface area contributed by atoms with E-state index < -0.39 is 0 Å². The number of piperazine rings is 1. The van der Waals surface area contributed by atoms with Crippen LogP contribution in [0.5, 0.6) is 5.75 Å². The Balaban J connectivity index is 1.49. The third kappa shape index (κ3) is 4.98. The first kappa shape index (κ1) is 19.2. The Bertz CT molecular complexity index is 776. The lowest BCUT2D eigenvalue weighted by molar-refractivity contribution is -0.131. The predicted octanol–water partition coefficient (Wildman–Crippen LogP) is 2.61. The summed E-state index contributed by atoms with van der Waals surface area (Å²) in [6, 6.07) is 14.6. The van der Waals surface area contributed by atoms with Gasteiger partial charge in [-0.2, -0.15) is 0 Å². The molecule has 3 rings (SSSR count). The maximum Gasteiger partial charge on any atom is 0.236 e. The van der Waals surface area contributed by atoms with Gasteiger partial charge in [-0.05, 0) is 18.2 Å². The maximum absolute atomic E-state index is 13.8. The number of amides is 1. The topological polar surface area (TPSA) is 36.0 Å². The standard InChI is InChI=1S/C21H26FN3O2/c1-23(15-17-6-3-4-9-20(17)22)21(26)16-24-10-12-25(13-11-24)18-7-5-8-19(14-18)27-2/h3-9,14H,10-13,15-16H2,1-2H3. The highest BCUT2D eigenvalue weighted by molar-refractivity contribution is 5.78. The Morgan fingerprint density at radius 1 is 1.11 bits per heavy atom. The van der Waals surface area contributed by atoms with Gasteiger partial charge >= 0.3 is 0 Å². The summed E-state index contributed by atoms with van der Waals surface area (Å²) in [7, 11) is 3.39. The Hall–Kier alpha value is -2.60. The number of hydrogen-bond acceptors (Lipinski definition) is 4. The van der Waals surface area contributed by atoms with E-state index in [0.717, 1.165) is 37.6 Å². The van der Waals surface area contributed by atoms with Crippen LogP contribution in [-0.2, 0) is 11.3 Å². The Labute approximate surface area is 159 Å². The Morgan fingerprint density at radius 2 is 1.85 bits per heavy atom. The maximum atomic E-state index is 13.8. The van der Waals surface area contributed by atoms with E-state index in [1.807, 2.05) is 18.2 Å². The van der Waals surface area contributed by atoms with Crippen LogP contribution in [0, 0.1) is 5.82 Å². The van der Waals surface area contributed by atoms with Gasteiger partial charge in [-0.1, -0.05) is 24.3 Å². The van der Waals surface area contributed by atoms with Crippen molar-refractivity contribution in [2.24, 2.45) is 0 Å². The predicted molar refractivity (Wildman–Crippen MR) is 105 cm³/mol. The van der Waals surface area contributed by atoms with Crippen LogP contribution in [0.4, 0.5) is 10.1 Å². The van der Waals surface area contributed by atoms with Crippen molar-refractivity contribution in [3.8, 4) is 5.75 Å². The van der Waals surface area contributed by atoms with Gasteiger partial charge in [0.2, 0.25) is 5.91 Å². The fraction of sp³-hybridized carbons (Fsp3) is 0.381. The van der Waals surface area contributed by atoms with Gasteiger partial charge < -0.3 is 14.5 Å². The molecule has 2 aromatic carbocycles. The number of anilines is 1. The van der Waals surface area contributed by atoms with Crippen molar-refractivity contribution in [2.45, 2.75) is 6.54 Å². The van der Waals surface area contributed by atoms with Crippen LogP contribution in [-0.4, -0.2) is 62.6 Å². The summed E-state index contributed by atoms with van der Waals surface area (Å²) < 4.78 is 19.1.